The number of halogens is 1. The van der Waals surface area contributed by atoms with Gasteiger partial charge in [-0.15, -0.1) is 0 Å². The second-order valence-corrected chi connectivity index (χ2v) is 8.77. The Morgan fingerprint density at radius 2 is 1.71 bits per heavy atom. The molecule has 0 aliphatic rings. The molecule has 8 nitrogen and oxygen atoms in total. The van der Waals surface area contributed by atoms with E-state index < -0.39 is 5.54 Å². The number of H-pyrrole nitrogens is 1. The molecule has 0 saturated carbocycles. The van der Waals surface area contributed by atoms with Crippen LogP contribution < -0.4 is 10.1 Å². The van der Waals surface area contributed by atoms with Crippen molar-refractivity contribution in [2.24, 2.45) is 0 Å². The van der Waals surface area contributed by atoms with E-state index in [1.54, 1.807) is 13.0 Å². The predicted octanol–water partition coefficient (Wildman–Crippen LogP) is 5.00. The van der Waals surface area contributed by atoms with Crippen LogP contribution in [0.4, 0.5) is 0 Å². The maximum atomic E-state index is 11.4. The molecule has 2 aromatic heterocycles. The van der Waals surface area contributed by atoms with Gasteiger partial charge in [0.25, 0.3) is 0 Å². The van der Waals surface area contributed by atoms with Crippen molar-refractivity contribution < 1.29 is 15.0 Å². The molecule has 0 radical (unpaired) electrons. The summed E-state index contributed by atoms with van der Waals surface area (Å²) in [6.45, 7) is 7.13. The Balaban J connectivity index is 0.00000324. The number of pyridine rings is 1. The molecule has 4 rings (SSSR count). The zero-order valence-corrected chi connectivity index (χ0v) is 20.0. The first-order valence-corrected chi connectivity index (χ1v) is 10.8. The van der Waals surface area contributed by atoms with Crippen LogP contribution >= 0.6 is 11.6 Å². The summed E-state index contributed by atoms with van der Waals surface area (Å²) in [5.41, 5.74) is 4.41. The molecule has 0 atom stereocenters. The van der Waals surface area contributed by atoms with Crippen LogP contribution in [-0.4, -0.2) is 32.0 Å². The van der Waals surface area contributed by atoms with Crippen molar-refractivity contribution in [3.63, 3.8) is 0 Å². The minimum absolute atomic E-state index is 0. The lowest BCUT2D eigenvalue weighted by Gasteiger charge is -2.26. The first kappa shape index (κ1) is 24.9. The predicted molar refractivity (Wildman–Crippen MR) is 134 cm³/mol. The van der Waals surface area contributed by atoms with Gasteiger partial charge in [0.2, 0.25) is 5.91 Å². The monoisotopic (exact) mass is 479 g/mol. The fourth-order valence-corrected chi connectivity index (χ4v) is 3.85. The van der Waals surface area contributed by atoms with Crippen molar-refractivity contribution in [2.45, 2.75) is 33.2 Å². The van der Waals surface area contributed by atoms with Crippen LogP contribution in [0.25, 0.3) is 22.4 Å². The number of aromatic amines is 1. The molecule has 5 N–H and O–H groups in total. The normalized spacial score (nSPS) is 11.1. The van der Waals surface area contributed by atoms with Crippen LogP contribution in [0.5, 0.6) is 11.8 Å². The van der Waals surface area contributed by atoms with Crippen molar-refractivity contribution in [3.8, 4) is 23.0 Å². The molecule has 2 aromatic carbocycles. The lowest BCUT2D eigenvalue weighted by atomic mass is 9.94. The Labute approximate surface area is 202 Å². The maximum Gasteiger partial charge on any atom is 0.301 e. The number of carbonyl (C=O) groups excluding carboxylic acids is 1. The Bertz CT molecular complexity index is 1350. The molecular weight excluding hydrogens is 454 g/mol. The topological polar surface area (TPSA) is 135 Å². The fraction of sp³-hybridized carbons (Fsp3) is 0.200. The highest BCUT2D eigenvalue weighted by atomic mass is 35.5. The Kier molecular flexibility index (Phi) is 7.04. The van der Waals surface area contributed by atoms with E-state index in [0.717, 1.165) is 16.7 Å². The van der Waals surface area contributed by atoms with Gasteiger partial charge in [0.15, 0.2) is 5.65 Å². The summed E-state index contributed by atoms with van der Waals surface area (Å²) < 4.78 is 5.88. The van der Waals surface area contributed by atoms with E-state index in [4.69, 9.17) is 21.7 Å². The van der Waals surface area contributed by atoms with E-state index in [1.165, 1.54) is 6.92 Å². The molecule has 4 aromatic rings. The van der Waals surface area contributed by atoms with Crippen LogP contribution in [0.15, 0.2) is 54.6 Å². The number of nitrogens with zero attached hydrogens (tertiary/aromatic N) is 2. The van der Waals surface area contributed by atoms with Gasteiger partial charge in [-0.2, -0.15) is 4.98 Å². The summed E-state index contributed by atoms with van der Waals surface area (Å²) in [5, 5.41) is 11.2. The summed E-state index contributed by atoms with van der Waals surface area (Å²) in [7, 11) is 0. The van der Waals surface area contributed by atoms with Gasteiger partial charge in [-0.1, -0.05) is 48.0 Å². The van der Waals surface area contributed by atoms with Crippen molar-refractivity contribution in [1.29, 1.82) is 5.41 Å². The second-order valence-electron chi connectivity index (χ2n) is 8.37. The van der Waals surface area contributed by atoms with E-state index in [-0.39, 0.29) is 11.4 Å². The maximum absolute atomic E-state index is 11.4. The van der Waals surface area contributed by atoms with Crippen molar-refractivity contribution in [2.75, 3.05) is 0 Å². The minimum atomic E-state index is -0.490. The van der Waals surface area contributed by atoms with Crippen LogP contribution in [0.3, 0.4) is 0 Å². The standard InChI is InChI=1S/C25H24ClN5O2.H2O/c1-14(27)16-5-7-17(8-6-16)22-20(26)13-21-23(29-22)30-24(28-21)33-19-11-9-18(10-12-19)25(3,4)31-15(2)32;/h5-13,27H,1-4H3,(H,31,32)(H,28,29,30);1H2. The molecule has 9 heteroatoms. The summed E-state index contributed by atoms with van der Waals surface area (Å²) in [6.07, 6.45) is 0. The number of aromatic nitrogens is 3. The zero-order valence-electron chi connectivity index (χ0n) is 19.3. The Hall–Kier alpha value is -3.75. The summed E-state index contributed by atoms with van der Waals surface area (Å²) in [6, 6.07) is 17.1. The van der Waals surface area contributed by atoms with E-state index in [2.05, 4.69) is 20.3 Å². The molecule has 0 bridgehead atoms. The van der Waals surface area contributed by atoms with Gasteiger partial charge in [0.05, 0.1) is 21.8 Å². The van der Waals surface area contributed by atoms with Crippen LogP contribution in [0.1, 0.15) is 38.8 Å². The highest BCUT2D eigenvalue weighted by Crippen LogP contribution is 2.31. The van der Waals surface area contributed by atoms with Crippen LogP contribution in [0, 0.1) is 5.41 Å². The van der Waals surface area contributed by atoms with Gasteiger partial charge in [0.1, 0.15) is 5.75 Å². The molecule has 0 aliphatic carbocycles. The number of hydrogen-bond acceptors (Lipinski definition) is 5. The first-order chi connectivity index (χ1) is 15.6. The number of amides is 1. The number of carbonyl (C=O) groups is 1. The SMILES string of the molecule is CC(=N)c1ccc(-c2nc3nc(Oc4ccc(C(C)(C)NC(C)=O)cc4)[nH]c3cc2Cl)cc1.O. The van der Waals surface area contributed by atoms with Gasteiger partial charge in [-0.3, -0.25) is 4.79 Å². The van der Waals surface area contributed by atoms with Gasteiger partial charge < -0.3 is 25.9 Å². The average Bonchev–Trinajstić information content (AvgIpc) is 3.13. The fourth-order valence-electron chi connectivity index (χ4n) is 3.59. The van der Waals surface area contributed by atoms with E-state index in [9.17, 15) is 4.79 Å². The van der Waals surface area contributed by atoms with Crippen molar-refractivity contribution >= 4 is 34.4 Å². The van der Waals surface area contributed by atoms with E-state index in [1.807, 2.05) is 62.4 Å². The number of fused-ring (bicyclic) bond motifs is 1. The average molecular weight is 480 g/mol. The third kappa shape index (κ3) is 5.24. The number of benzene rings is 2. The number of imidazole rings is 1. The lowest BCUT2D eigenvalue weighted by molar-refractivity contribution is -0.120. The molecule has 0 unspecified atom stereocenters. The molecule has 1 amide bonds. The molecule has 0 fully saturated rings. The minimum Gasteiger partial charge on any atom is -0.426 e. The molecule has 2 heterocycles. The number of ether oxygens (including phenoxy) is 1. The van der Waals surface area contributed by atoms with Crippen molar-refractivity contribution in [1.82, 2.24) is 20.3 Å². The van der Waals surface area contributed by atoms with Gasteiger partial charge in [0, 0.05) is 18.2 Å². The third-order valence-corrected chi connectivity index (χ3v) is 5.56. The zero-order chi connectivity index (χ0) is 23.8. The van der Waals surface area contributed by atoms with Crippen molar-refractivity contribution in [3.05, 3.63) is 70.7 Å². The highest BCUT2D eigenvalue weighted by Gasteiger charge is 2.21. The molecule has 176 valence electrons. The first-order valence-electron chi connectivity index (χ1n) is 10.4. The molecule has 0 aliphatic heterocycles. The largest absolute Gasteiger partial charge is 0.426 e. The van der Waals surface area contributed by atoms with Gasteiger partial charge in [-0.05, 0) is 50.1 Å². The Morgan fingerprint density at radius 3 is 2.29 bits per heavy atom. The lowest BCUT2D eigenvalue weighted by Crippen LogP contribution is -2.39. The smallest absolute Gasteiger partial charge is 0.301 e. The van der Waals surface area contributed by atoms with E-state index in [0.29, 0.717) is 39.4 Å². The third-order valence-electron chi connectivity index (χ3n) is 5.28. The van der Waals surface area contributed by atoms with Crippen LogP contribution in [-0.2, 0) is 10.3 Å². The molecule has 0 saturated heterocycles. The van der Waals surface area contributed by atoms with Crippen LogP contribution in [0.2, 0.25) is 5.02 Å². The van der Waals surface area contributed by atoms with Gasteiger partial charge >= 0.3 is 6.01 Å². The summed E-state index contributed by atoms with van der Waals surface area (Å²) in [5.74, 6) is 0.509. The number of hydrogen-bond donors (Lipinski definition) is 3. The highest BCUT2D eigenvalue weighted by molar-refractivity contribution is 6.33. The summed E-state index contributed by atoms with van der Waals surface area (Å²) >= 11 is 6.48. The molecular formula is C25H26ClN5O3. The quantitative estimate of drug-likeness (QED) is 0.335. The number of nitrogens with one attached hydrogen (secondary N) is 3. The molecule has 34 heavy (non-hydrogen) atoms. The molecule has 0 spiro atoms. The second kappa shape index (κ2) is 9.62. The number of rotatable bonds is 6. The van der Waals surface area contributed by atoms with Gasteiger partial charge in [-0.25, -0.2) is 4.98 Å². The summed E-state index contributed by atoms with van der Waals surface area (Å²) in [4.78, 5) is 23.6. The van der Waals surface area contributed by atoms with E-state index >= 15 is 0 Å². The Morgan fingerprint density at radius 1 is 1.06 bits per heavy atom.